The highest BCUT2D eigenvalue weighted by Gasteiger charge is 2.31. The van der Waals surface area contributed by atoms with Crippen molar-refractivity contribution in [3.63, 3.8) is 0 Å². The average Bonchev–Trinajstić information content (AvgIpc) is 3.36. The predicted octanol–water partition coefficient (Wildman–Crippen LogP) is 5.98. The van der Waals surface area contributed by atoms with Gasteiger partial charge in [0.05, 0.1) is 23.8 Å². The lowest BCUT2D eigenvalue weighted by atomic mass is 9.79. The number of fused-ring (bicyclic) bond motifs is 1. The second-order valence-corrected chi connectivity index (χ2v) is 11.4. The lowest BCUT2D eigenvalue weighted by Gasteiger charge is -2.38. The van der Waals surface area contributed by atoms with E-state index in [1.54, 1.807) is 24.6 Å². The Bertz CT molecular complexity index is 1130. The smallest absolute Gasteiger partial charge is 0.303 e. The molecule has 0 radical (unpaired) electrons. The van der Waals surface area contributed by atoms with E-state index in [0.29, 0.717) is 22.8 Å². The van der Waals surface area contributed by atoms with Crippen LogP contribution < -0.4 is 4.74 Å². The fourth-order valence-electron chi connectivity index (χ4n) is 4.97. The molecule has 2 N–H and O–H groups in total. The molecule has 0 amide bonds. The van der Waals surface area contributed by atoms with Crippen LogP contribution in [-0.4, -0.2) is 58.6 Å². The highest BCUT2D eigenvalue weighted by Crippen LogP contribution is 2.37. The van der Waals surface area contributed by atoms with Gasteiger partial charge in [-0.3, -0.25) is 9.78 Å². The number of aliphatic hydroxyl groups excluding tert-OH is 1. The van der Waals surface area contributed by atoms with E-state index in [0.717, 1.165) is 49.1 Å². The van der Waals surface area contributed by atoms with E-state index in [9.17, 15) is 15.0 Å². The molecule has 188 valence electrons. The minimum Gasteiger partial charge on any atom is -0.497 e. The number of thiophene rings is 1. The van der Waals surface area contributed by atoms with Gasteiger partial charge in [0.2, 0.25) is 0 Å². The van der Waals surface area contributed by atoms with Gasteiger partial charge in [-0.25, -0.2) is 0 Å². The number of carboxylic acids is 1. The number of pyridine rings is 1. The van der Waals surface area contributed by atoms with Gasteiger partial charge in [-0.15, -0.1) is 11.8 Å². The second kappa shape index (κ2) is 12.4. The topological polar surface area (TPSA) is 82.9 Å². The van der Waals surface area contributed by atoms with Crippen LogP contribution in [0.4, 0.5) is 0 Å². The number of nitrogens with zero attached hydrogens (tertiary/aromatic N) is 2. The Morgan fingerprint density at radius 2 is 2.23 bits per heavy atom. The van der Waals surface area contributed by atoms with Crippen LogP contribution in [0.25, 0.3) is 10.9 Å². The molecule has 3 heterocycles. The number of aromatic nitrogens is 1. The van der Waals surface area contributed by atoms with E-state index in [4.69, 9.17) is 16.3 Å². The number of methoxy groups -OCH3 is 1. The van der Waals surface area contributed by atoms with E-state index in [1.807, 2.05) is 30.0 Å². The first kappa shape index (κ1) is 26.2. The van der Waals surface area contributed by atoms with Crippen molar-refractivity contribution in [1.29, 1.82) is 0 Å². The van der Waals surface area contributed by atoms with Gasteiger partial charge in [-0.2, -0.15) is 11.3 Å². The summed E-state index contributed by atoms with van der Waals surface area (Å²) in [5.74, 6) is 1.25. The van der Waals surface area contributed by atoms with Gasteiger partial charge < -0.3 is 19.8 Å². The molecule has 0 bridgehead atoms. The first-order chi connectivity index (χ1) is 16.9. The molecule has 1 aliphatic rings. The molecular weight excluding hydrogens is 504 g/mol. The van der Waals surface area contributed by atoms with Crippen molar-refractivity contribution in [2.24, 2.45) is 11.8 Å². The van der Waals surface area contributed by atoms with Gasteiger partial charge in [0.1, 0.15) is 5.75 Å². The van der Waals surface area contributed by atoms with Crippen LogP contribution in [0.5, 0.6) is 5.75 Å². The van der Waals surface area contributed by atoms with Gasteiger partial charge >= 0.3 is 5.97 Å². The molecule has 2 unspecified atom stereocenters. The molecule has 6 nitrogen and oxygen atoms in total. The van der Waals surface area contributed by atoms with Crippen LogP contribution >= 0.6 is 34.7 Å². The number of likely N-dealkylation sites (tertiary alicyclic amines) is 1. The summed E-state index contributed by atoms with van der Waals surface area (Å²) >= 11 is 10.0. The first-order valence-electron chi connectivity index (χ1n) is 11.8. The number of benzene rings is 1. The normalized spacial score (nSPS) is 19.6. The molecule has 3 atom stereocenters. The quantitative estimate of drug-likeness (QED) is 0.293. The summed E-state index contributed by atoms with van der Waals surface area (Å²) in [5.41, 5.74) is 1.41. The van der Waals surface area contributed by atoms with Gasteiger partial charge in [-0.1, -0.05) is 11.6 Å². The number of rotatable bonds is 11. The van der Waals surface area contributed by atoms with E-state index in [1.165, 1.54) is 4.90 Å². The molecule has 3 aromatic rings. The summed E-state index contributed by atoms with van der Waals surface area (Å²) in [6.45, 7) is 2.69. The maximum atomic E-state index is 11.6. The van der Waals surface area contributed by atoms with Crippen molar-refractivity contribution in [1.82, 2.24) is 9.88 Å². The Morgan fingerprint density at radius 1 is 1.37 bits per heavy atom. The maximum absolute atomic E-state index is 11.6. The molecule has 1 saturated heterocycles. The number of ether oxygens (including phenoxy) is 1. The van der Waals surface area contributed by atoms with Gasteiger partial charge in [-0.05, 0) is 67.3 Å². The fraction of sp³-hybridized carbons (Fsp3) is 0.462. The highest BCUT2D eigenvalue weighted by molar-refractivity contribution is 7.99. The molecule has 9 heteroatoms. The molecule has 0 saturated carbocycles. The number of halogens is 1. The van der Waals surface area contributed by atoms with Crippen molar-refractivity contribution < 1.29 is 19.7 Å². The number of aliphatic hydroxyl groups is 1. The summed E-state index contributed by atoms with van der Waals surface area (Å²) in [5, 5.41) is 26.1. The highest BCUT2D eigenvalue weighted by atomic mass is 35.5. The van der Waals surface area contributed by atoms with E-state index in [2.05, 4.69) is 26.7 Å². The van der Waals surface area contributed by atoms with Crippen LogP contribution in [0.15, 0.2) is 46.1 Å². The number of carbonyl (C=O) groups is 1. The minimum atomic E-state index is -0.759. The summed E-state index contributed by atoms with van der Waals surface area (Å²) in [6, 6.07) is 7.68. The minimum absolute atomic E-state index is 0.0735. The summed E-state index contributed by atoms with van der Waals surface area (Å²) < 4.78 is 5.35. The molecule has 4 rings (SSSR count). The number of carboxylic acid groups (broad SMARTS) is 1. The molecule has 1 aliphatic heterocycles. The number of aliphatic carboxylic acids is 1. The van der Waals surface area contributed by atoms with E-state index < -0.39 is 12.1 Å². The number of hydrogen-bond acceptors (Lipinski definition) is 7. The predicted molar refractivity (Wildman–Crippen MR) is 143 cm³/mol. The monoisotopic (exact) mass is 534 g/mol. The van der Waals surface area contributed by atoms with Crippen LogP contribution in [0.2, 0.25) is 5.02 Å². The van der Waals surface area contributed by atoms with E-state index in [-0.39, 0.29) is 18.3 Å². The summed E-state index contributed by atoms with van der Waals surface area (Å²) in [6.07, 6.45) is 3.18. The molecular formula is C26H31ClN2O4S2. The Morgan fingerprint density at radius 3 is 2.97 bits per heavy atom. The zero-order valence-corrected chi connectivity index (χ0v) is 22.1. The number of piperidine rings is 1. The summed E-state index contributed by atoms with van der Waals surface area (Å²) in [7, 11) is 1.60. The Labute approximate surface area is 219 Å². The average molecular weight is 535 g/mol. The van der Waals surface area contributed by atoms with Crippen molar-refractivity contribution in [2.75, 3.05) is 32.5 Å². The Balaban J connectivity index is 1.39. The number of thioether (sulfide) groups is 1. The Kier molecular flexibility index (Phi) is 9.30. The summed E-state index contributed by atoms with van der Waals surface area (Å²) in [4.78, 5) is 19.6. The van der Waals surface area contributed by atoms with Gasteiger partial charge in [0.15, 0.2) is 0 Å². The largest absolute Gasteiger partial charge is 0.497 e. The van der Waals surface area contributed by atoms with Crippen molar-refractivity contribution >= 4 is 51.6 Å². The molecule has 0 spiro atoms. The molecule has 0 aliphatic carbocycles. The number of hydrogen-bond donors (Lipinski definition) is 2. The van der Waals surface area contributed by atoms with Crippen LogP contribution in [-0.2, 0) is 4.79 Å². The zero-order chi connectivity index (χ0) is 24.8. The van der Waals surface area contributed by atoms with Crippen molar-refractivity contribution in [3.05, 3.63) is 51.8 Å². The van der Waals surface area contributed by atoms with Crippen molar-refractivity contribution in [3.8, 4) is 5.75 Å². The zero-order valence-electron chi connectivity index (χ0n) is 19.7. The van der Waals surface area contributed by atoms with Crippen LogP contribution in [0, 0.1) is 11.8 Å². The maximum Gasteiger partial charge on any atom is 0.303 e. The molecule has 1 aromatic carbocycles. The third-order valence-corrected chi connectivity index (χ3v) is 8.90. The second-order valence-electron chi connectivity index (χ2n) is 9.01. The van der Waals surface area contributed by atoms with Crippen molar-refractivity contribution in [2.45, 2.75) is 36.7 Å². The molecule has 2 aromatic heterocycles. The van der Waals surface area contributed by atoms with E-state index >= 15 is 0 Å². The molecule has 1 fully saturated rings. The third-order valence-electron chi connectivity index (χ3n) is 6.80. The SMILES string of the molecule is COc1ccc2ncc(Cl)c([C@H](O)CCC3CCN(CCSc4ccsc4)CC3CC(=O)O)c2c1. The van der Waals surface area contributed by atoms with Gasteiger partial charge in [0, 0.05) is 52.7 Å². The standard InChI is InChI=1S/C26H31ClN2O4S2/c1-33-19-3-4-23-21(13-19)26(22(27)14-28-23)24(30)5-2-17-6-8-29(15-18(17)12-25(31)32)9-11-35-20-7-10-34-16-20/h3-4,7,10,13-14,16-18,24,30H,2,5-6,8-9,11-12,15H2,1H3,(H,31,32)/t17?,18?,24-/m1/s1. The first-order valence-corrected chi connectivity index (χ1v) is 14.1. The van der Waals surface area contributed by atoms with Crippen LogP contribution in [0.3, 0.4) is 0 Å². The third kappa shape index (κ3) is 6.89. The lowest BCUT2D eigenvalue weighted by Crippen LogP contribution is -2.42. The lowest BCUT2D eigenvalue weighted by molar-refractivity contribution is -0.139. The Hall–Kier alpha value is -1.84. The molecule has 35 heavy (non-hydrogen) atoms. The van der Waals surface area contributed by atoms with Gasteiger partial charge in [0.25, 0.3) is 0 Å². The van der Waals surface area contributed by atoms with Crippen LogP contribution in [0.1, 0.15) is 37.4 Å². The fourth-order valence-corrected chi connectivity index (χ4v) is 7.04.